The number of guanidine groups is 1. The van der Waals surface area contributed by atoms with E-state index in [-0.39, 0.29) is 24.0 Å². The average molecular weight is 495 g/mol. The first-order valence-electron chi connectivity index (χ1n) is 9.99. The molecule has 2 aliphatic heterocycles. The Balaban J connectivity index is 0.00000225. The molecule has 0 bridgehead atoms. The predicted molar refractivity (Wildman–Crippen MR) is 122 cm³/mol. The lowest BCUT2D eigenvalue weighted by atomic mass is 10.1. The second-order valence-electron chi connectivity index (χ2n) is 7.34. The molecular formula is C20H30IN7. The van der Waals surface area contributed by atoms with Gasteiger partial charge in [0, 0.05) is 31.9 Å². The van der Waals surface area contributed by atoms with Crippen LogP contribution < -0.4 is 5.32 Å². The Kier molecular flexibility index (Phi) is 7.66. The molecule has 1 unspecified atom stereocenters. The van der Waals surface area contributed by atoms with E-state index in [1.165, 1.54) is 38.8 Å². The quantitative estimate of drug-likeness (QED) is 0.402. The van der Waals surface area contributed by atoms with Crippen LogP contribution in [0.5, 0.6) is 0 Å². The molecule has 1 aromatic heterocycles. The first-order chi connectivity index (χ1) is 13.3. The van der Waals surface area contributed by atoms with Crippen LogP contribution in [0, 0.1) is 0 Å². The minimum Gasteiger partial charge on any atom is -0.349 e. The summed E-state index contributed by atoms with van der Waals surface area (Å²) in [4.78, 5) is 9.55. The van der Waals surface area contributed by atoms with Crippen LogP contribution >= 0.6 is 24.0 Å². The predicted octanol–water partition coefficient (Wildman–Crippen LogP) is 2.52. The van der Waals surface area contributed by atoms with E-state index in [1.54, 1.807) is 6.33 Å². The van der Waals surface area contributed by atoms with Gasteiger partial charge in [-0.25, -0.2) is 0 Å². The van der Waals surface area contributed by atoms with Crippen LogP contribution in [0.2, 0.25) is 0 Å². The summed E-state index contributed by atoms with van der Waals surface area (Å²) in [6.07, 6.45) is 7.06. The van der Waals surface area contributed by atoms with E-state index in [4.69, 9.17) is 0 Å². The second-order valence-corrected chi connectivity index (χ2v) is 7.34. The number of hydrogen-bond acceptors (Lipinski definition) is 4. The molecule has 2 aliphatic rings. The number of aromatic nitrogens is 3. The van der Waals surface area contributed by atoms with Crippen molar-refractivity contribution >= 4 is 29.9 Å². The lowest BCUT2D eigenvalue weighted by Gasteiger charge is -2.32. The van der Waals surface area contributed by atoms with E-state index in [1.807, 2.05) is 29.8 Å². The number of nitrogens with one attached hydrogen (secondary N) is 1. The molecule has 3 heterocycles. The number of para-hydroxylation sites is 1. The molecule has 0 saturated carbocycles. The van der Waals surface area contributed by atoms with Crippen molar-refractivity contribution < 1.29 is 0 Å². The molecule has 4 rings (SSSR count). The van der Waals surface area contributed by atoms with Crippen molar-refractivity contribution in [1.82, 2.24) is 29.9 Å². The molecule has 0 amide bonds. The van der Waals surface area contributed by atoms with E-state index >= 15 is 0 Å². The molecule has 2 fully saturated rings. The number of piperidine rings is 1. The third-order valence-corrected chi connectivity index (χ3v) is 5.64. The fourth-order valence-corrected chi connectivity index (χ4v) is 4.19. The summed E-state index contributed by atoms with van der Waals surface area (Å²) < 4.78 is 2.01. The maximum Gasteiger partial charge on any atom is 0.194 e. The lowest BCUT2D eigenvalue weighted by Crippen LogP contribution is -2.44. The van der Waals surface area contributed by atoms with E-state index in [0.717, 1.165) is 30.6 Å². The number of nitrogens with zero attached hydrogens (tertiary/aromatic N) is 6. The highest BCUT2D eigenvalue weighted by atomic mass is 127. The van der Waals surface area contributed by atoms with Gasteiger partial charge >= 0.3 is 0 Å². The summed E-state index contributed by atoms with van der Waals surface area (Å²) in [5.74, 6) is 1.84. The minimum atomic E-state index is 0. The molecule has 7 nitrogen and oxygen atoms in total. The zero-order valence-corrected chi connectivity index (χ0v) is 18.8. The zero-order valence-electron chi connectivity index (χ0n) is 16.5. The average Bonchev–Trinajstić information content (AvgIpc) is 3.40. The standard InChI is InChI=1S/C20H29N7.HI/c1-21-20(26-13-10-18(15-26)25-11-6-3-7-12-25)22-14-19-24-23-16-27(19)17-8-4-2-5-9-17;/h2,4-5,8-9,16,18H,3,6-7,10-15H2,1H3,(H,21,22);1H. The summed E-state index contributed by atoms with van der Waals surface area (Å²) in [5, 5.41) is 11.8. The van der Waals surface area contributed by atoms with E-state index in [0.29, 0.717) is 12.6 Å². The van der Waals surface area contributed by atoms with Crippen LogP contribution in [-0.4, -0.2) is 69.8 Å². The molecule has 28 heavy (non-hydrogen) atoms. The maximum absolute atomic E-state index is 4.51. The van der Waals surface area contributed by atoms with Crippen molar-refractivity contribution in [3.8, 4) is 5.69 Å². The molecule has 0 radical (unpaired) electrons. The zero-order chi connectivity index (χ0) is 18.5. The van der Waals surface area contributed by atoms with Crippen molar-refractivity contribution in [3.05, 3.63) is 42.5 Å². The molecular weight excluding hydrogens is 465 g/mol. The highest BCUT2D eigenvalue weighted by molar-refractivity contribution is 14.0. The summed E-state index contributed by atoms with van der Waals surface area (Å²) in [6, 6.07) is 10.8. The fourth-order valence-electron chi connectivity index (χ4n) is 4.19. The highest BCUT2D eigenvalue weighted by Crippen LogP contribution is 2.20. The van der Waals surface area contributed by atoms with Gasteiger partial charge in [-0.05, 0) is 44.5 Å². The number of likely N-dealkylation sites (tertiary alicyclic amines) is 2. The van der Waals surface area contributed by atoms with E-state index < -0.39 is 0 Å². The summed E-state index contributed by atoms with van der Waals surface area (Å²) >= 11 is 0. The summed E-state index contributed by atoms with van der Waals surface area (Å²) in [5.41, 5.74) is 1.07. The first-order valence-corrected chi connectivity index (χ1v) is 9.99. The van der Waals surface area contributed by atoms with Gasteiger partial charge in [0.2, 0.25) is 0 Å². The van der Waals surface area contributed by atoms with Crippen LogP contribution in [0.4, 0.5) is 0 Å². The van der Waals surface area contributed by atoms with Gasteiger partial charge < -0.3 is 10.2 Å². The van der Waals surface area contributed by atoms with Crippen molar-refractivity contribution in [2.45, 2.75) is 38.3 Å². The molecule has 0 spiro atoms. The van der Waals surface area contributed by atoms with Crippen LogP contribution in [0.1, 0.15) is 31.5 Å². The Morgan fingerprint density at radius 3 is 2.68 bits per heavy atom. The molecule has 1 aromatic carbocycles. The van der Waals surface area contributed by atoms with Gasteiger partial charge in [0.1, 0.15) is 6.33 Å². The monoisotopic (exact) mass is 495 g/mol. The number of hydrogen-bond donors (Lipinski definition) is 1. The van der Waals surface area contributed by atoms with Crippen LogP contribution in [0.15, 0.2) is 41.7 Å². The molecule has 2 saturated heterocycles. The van der Waals surface area contributed by atoms with Crippen LogP contribution in [-0.2, 0) is 6.54 Å². The van der Waals surface area contributed by atoms with Crippen molar-refractivity contribution in [2.75, 3.05) is 33.2 Å². The normalized spacial score (nSPS) is 20.8. The summed E-state index contributed by atoms with van der Waals surface area (Å²) in [7, 11) is 1.86. The van der Waals surface area contributed by atoms with E-state index in [9.17, 15) is 0 Å². The number of halogens is 1. The fraction of sp³-hybridized carbons (Fsp3) is 0.550. The minimum absolute atomic E-state index is 0. The molecule has 1 N–H and O–H groups in total. The van der Waals surface area contributed by atoms with Gasteiger partial charge in [-0.3, -0.25) is 14.5 Å². The Labute approximate surface area is 184 Å². The van der Waals surface area contributed by atoms with Crippen molar-refractivity contribution in [2.24, 2.45) is 4.99 Å². The van der Waals surface area contributed by atoms with E-state index in [2.05, 4.69) is 42.4 Å². The van der Waals surface area contributed by atoms with Gasteiger partial charge in [0.15, 0.2) is 11.8 Å². The smallest absolute Gasteiger partial charge is 0.194 e. The van der Waals surface area contributed by atoms with Gasteiger partial charge in [-0.2, -0.15) is 0 Å². The number of rotatable bonds is 4. The topological polar surface area (TPSA) is 61.6 Å². The SMILES string of the molecule is CN=C(NCc1nncn1-c1ccccc1)N1CCC(N2CCCCC2)C1.I. The van der Waals surface area contributed by atoms with Gasteiger partial charge in [0.25, 0.3) is 0 Å². The molecule has 0 aliphatic carbocycles. The third-order valence-electron chi connectivity index (χ3n) is 5.64. The summed E-state index contributed by atoms with van der Waals surface area (Å²) in [6.45, 7) is 5.24. The Bertz CT molecular complexity index is 755. The third kappa shape index (κ3) is 4.83. The molecule has 2 aromatic rings. The van der Waals surface area contributed by atoms with Gasteiger partial charge in [-0.15, -0.1) is 34.2 Å². The molecule has 1 atom stereocenters. The van der Waals surface area contributed by atoms with Gasteiger partial charge in [-0.1, -0.05) is 24.6 Å². The first kappa shape index (κ1) is 21.0. The van der Waals surface area contributed by atoms with Crippen LogP contribution in [0.3, 0.4) is 0 Å². The largest absolute Gasteiger partial charge is 0.349 e. The van der Waals surface area contributed by atoms with Gasteiger partial charge in [0.05, 0.1) is 6.54 Å². The molecule has 152 valence electrons. The Hall–Kier alpha value is -1.68. The lowest BCUT2D eigenvalue weighted by molar-refractivity contribution is 0.168. The number of aliphatic imine (C=N–C) groups is 1. The maximum atomic E-state index is 4.51. The number of benzene rings is 1. The Morgan fingerprint density at radius 1 is 1.14 bits per heavy atom. The van der Waals surface area contributed by atoms with Crippen molar-refractivity contribution in [1.29, 1.82) is 0 Å². The van der Waals surface area contributed by atoms with Crippen LogP contribution in [0.25, 0.3) is 5.69 Å². The second kappa shape index (κ2) is 10.2. The highest BCUT2D eigenvalue weighted by Gasteiger charge is 2.30. The van der Waals surface area contributed by atoms with Crippen molar-refractivity contribution in [3.63, 3.8) is 0 Å². The Morgan fingerprint density at radius 2 is 1.93 bits per heavy atom. The molecule has 8 heteroatoms.